The van der Waals surface area contributed by atoms with Gasteiger partial charge in [0.2, 0.25) is 5.91 Å². The molecular weight excluding hydrogens is 374 g/mol. The van der Waals surface area contributed by atoms with Gasteiger partial charge < -0.3 is 11.5 Å². The second-order valence-corrected chi connectivity index (χ2v) is 6.71. The van der Waals surface area contributed by atoms with Crippen LogP contribution in [0.15, 0.2) is 21.1 Å². The number of nitrogens with zero attached hydrogens (tertiary/aromatic N) is 1. The smallest absolute Gasteiger partial charge is 0.221 e. The van der Waals surface area contributed by atoms with Gasteiger partial charge in [-0.05, 0) is 53.0 Å². The number of rotatable bonds is 3. The largest absolute Gasteiger partial charge is 0.398 e. The minimum absolute atomic E-state index is 0.0365. The quantitative estimate of drug-likeness (QED) is 0.778. The van der Waals surface area contributed by atoms with Gasteiger partial charge in [-0.15, -0.1) is 0 Å². The van der Waals surface area contributed by atoms with Crippen LogP contribution in [0.3, 0.4) is 0 Å². The first-order valence-corrected chi connectivity index (χ1v) is 7.81. The van der Waals surface area contributed by atoms with Gasteiger partial charge in [-0.1, -0.05) is 15.9 Å². The number of hydrogen-bond donors (Lipinski definition) is 2. The Balaban J connectivity index is 2.11. The average Bonchev–Trinajstić information content (AvgIpc) is 2.35. The van der Waals surface area contributed by atoms with Crippen molar-refractivity contribution in [1.29, 1.82) is 0 Å². The van der Waals surface area contributed by atoms with Gasteiger partial charge in [-0.25, -0.2) is 0 Å². The minimum atomic E-state index is -0.201. The molecule has 0 saturated carbocycles. The summed E-state index contributed by atoms with van der Waals surface area (Å²) in [6.45, 7) is 2.44. The SMILES string of the molecule is NC(=O)[C@H]1CCCN(Cc2cc(Br)cc(Br)c2N)C1. The van der Waals surface area contributed by atoms with E-state index in [1.807, 2.05) is 12.1 Å². The maximum atomic E-state index is 11.3. The second kappa shape index (κ2) is 6.24. The highest BCUT2D eigenvalue weighted by Gasteiger charge is 2.24. The molecule has 19 heavy (non-hydrogen) atoms. The van der Waals surface area contributed by atoms with Gasteiger partial charge in [0.1, 0.15) is 0 Å². The lowest BCUT2D eigenvalue weighted by Gasteiger charge is -2.31. The van der Waals surface area contributed by atoms with Crippen LogP contribution < -0.4 is 11.5 Å². The number of likely N-dealkylation sites (tertiary alicyclic amines) is 1. The molecule has 2 rings (SSSR count). The van der Waals surface area contributed by atoms with Gasteiger partial charge in [-0.3, -0.25) is 9.69 Å². The van der Waals surface area contributed by atoms with Crippen molar-refractivity contribution in [1.82, 2.24) is 4.90 Å². The molecule has 1 atom stereocenters. The third-order valence-corrected chi connectivity index (χ3v) is 4.60. The van der Waals surface area contributed by atoms with E-state index in [2.05, 4.69) is 36.8 Å². The highest BCUT2D eigenvalue weighted by molar-refractivity contribution is 9.11. The van der Waals surface area contributed by atoms with Crippen molar-refractivity contribution >= 4 is 43.5 Å². The molecule has 1 fully saturated rings. The van der Waals surface area contributed by atoms with E-state index in [0.29, 0.717) is 0 Å². The molecule has 1 amide bonds. The number of nitrogens with two attached hydrogens (primary N) is 2. The fourth-order valence-corrected chi connectivity index (χ4v) is 3.75. The molecule has 1 aromatic rings. The van der Waals surface area contributed by atoms with Crippen LogP contribution in [0.5, 0.6) is 0 Å². The van der Waals surface area contributed by atoms with Crippen LogP contribution in [-0.2, 0) is 11.3 Å². The zero-order chi connectivity index (χ0) is 14.0. The molecule has 1 aromatic carbocycles. The van der Waals surface area contributed by atoms with Crippen molar-refractivity contribution in [2.45, 2.75) is 19.4 Å². The Morgan fingerprint density at radius 1 is 1.42 bits per heavy atom. The van der Waals surface area contributed by atoms with E-state index in [0.717, 1.165) is 52.7 Å². The number of primary amides is 1. The van der Waals surface area contributed by atoms with Crippen molar-refractivity contribution in [3.05, 3.63) is 26.6 Å². The van der Waals surface area contributed by atoms with E-state index in [4.69, 9.17) is 11.5 Å². The third-order valence-electron chi connectivity index (χ3n) is 3.48. The van der Waals surface area contributed by atoms with Gasteiger partial charge in [-0.2, -0.15) is 0 Å². The fraction of sp³-hybridized carbons (Fsp3) is 0.462. The zero-order valence-electron chi connectivity index (χ0n) is 10.5. The predicted molar refractivity (Wildman–Crippen MR) is 83.4 cm³/mol. The molecule has 0 unspecified atom stereocenters. The first kappa shape index (κ1) is 14.8. The van der Waals surface area contributed by atoms with E-state index < -0.39 is 0 Å². The molecule has 1 saturated heterocycles. The number of halogens is 2. The Morgan fingerprint density at radius 2 is 2.16 bits per heavy atom. The molecule has 1 heterocycles. The van der Waals surface area contributed by atoms with Crippen LogP contribution in [-0.4, -0.2) is 23.9 Å². The summed E-state index contributed by atoms with van der Waals surface area (Å²) in [5.41, 5.74) is 13.3. The lowest BCUT2D eigenvalue weighted by atomic mass is 9.97. The number of hydrogen-bond acceptors (Lipinski definition) is 3. The average molecular weight is 391 g/mol. The van der Waals surface area contributed by atoms with E-state index in [1.165, 1.54) is 0 Å². The summed E-state index contributed by atoms with van der Waals surface area (Å²) in [7, 11) is 0. The molecule has 6 heteroatoms. The zero-order valence-corrected chi connectivity index (χ0v) is 13.7. The Morgan fingerprint density at radius 3 is 2.84 bits per heavy atom. The van der Waals surface area contributed by atoms with Crippen molar-refractivity contribution in [3.63, 3.8) is 0 Å². The molecule has 0 bridgehead atoms. The summed E-state index contributed by atoms with van der Waals surface area (Å²) in [5.74, 6) is -0.237. The summed E-state index contributed by atoms with van der Waals surface area (Å²) < 4.78 is 1.88. The maximum Gasteiger partial charge on any atom is 0.221 e. The lowest BCUT2D eigenvalue weighted by molar-refractivity contribution is -0.123. The standard InChI is InChI=1S/C13H17Br2N3O/c14-10-4-9(12(16)11(15)5-10)7-18-3-1-2-8(6-18)13(17)19/h4-5,8H,1-3,6-7,16H2,(H2,17,19)/t8-/m0/s1. The molecule has 4 N–H and O–H groups in total. The molecule has 1 aliphatic heterocycles. The van der Waals surface area contributed by atoms with Crippen LogP contribution in [0, 0.1) is 5.92 Å². The normalized spacial score (nSPS) is 20.4. The first-order valence-electron chi connectivity index (χ1n) is 6.22. The number of carbonyl (C=O) groups excluding carboxylic acids is 1. The Bertz CT molecular complexity index is 493. The van der Waals surface area contributed by atoms with E-state index >= 15 is 0 Å². The number of anilines is 1. The molecule has 0 aromatic heterocycles. The van der Waals surface area contributed by atoms with E-state index in [-0.39, 0.29) is 11.8 Å². The van der Waals surface area contributed by atoms with E-state index in [9.17, 15) is 4.79 Å². The van der Waals surface area contributed by atoms with Crippen molar-refractivity contribution < 1.29 is 4.79 Å². The molecule has 0 spiro atoms. The van der Waals surface area contributed by atoms with Gasteiger partial charge in [0.25, 0.3) is 0 Å². The van der Waals surface area contributed by atoms with Crippen LogP contribution in [0.2, 0.25) is 0 Å². The van der Waals surface area contributed by atoms with Gasteiger partial charge in [0.15, 0.2) is 0 Å². The topological polar surface area (TPSA) is 72.4 Å². The third kappa shape index (κ3) is 3.70. The molecule has 0 aliphatic carbocycles. The van der Waals surface area contributed by atoms with Crippen LogP contribution in [0.25, 0.3) is 0 Å². The van der Waals surface area contributed by atoms with Gasteiger partial charge in [0.05, 0.1) is 11.6 Å². The first-order chi connectivity index (χ1) is 8.97. The van der Waals surface area contributed by atoms with Crippen molar-refractivity contribution in [2.75, 3.05) is 18.8 Å². The Kier molecular flexibility index (Phi) is 4.86. The molecule has 104 valence electrons. The van der Waals surface area contributed by atoms with E-state index in [1.54, 1.807) is 0 Å². The summed E-state index contributed by atoms with van der Waals surface area (Å²) in [6, 6.07) is 3.95. The summed E-state index contributed by atoms with van der Waals surface area (Å²) in [6.07, 6.45) is 1.90. The number of benzene rings is 1. The lowest BCUT2D eigenvalue weighted by Crippen LogP contribution is -2.40. The van der Waals surface area contributed by atoms with Gasteiger partial charge >= 0.3 is 0 Å². The minimum Gasteiger partial charge on any atom is -0.398 e. The van der Waals surface area contributed by atoms with Crippen LogP contribution >= 0.6 is 31.9 Å². The molecule has 1 aliphatic rings. The second-order valence-electron chi connectivity index (χ2n) is 4.94. The van der Waals surface area contributed by atoms with Crippen molar-refractivity contribution in [2.24, 2.45) is 11.7 Å². The monoisotopic (exact) mass is 389 g/mol. The highest BCUT2D eigenvalue weighted by Crippen LogP contribution is 2.30. The predicted octanol–water partition coefficient (Wildman–Crippen LogP) is 2.49. The number of amides is 1. The number of piperidine rings is 1. The summed E-state index contributed by atoms with van der Waals surface area (Å²) in [5, 5.41) is 0. The molecule has 0 radical (unpaired) electrons. The maximum absolute atomic E-state index is 11.3. The van der Waals surface area contributed by atoms with Crippen LogP contribution in [0.1, 0.15) is 18.4 Å². The number of carbonyl (C=O) groups is 1. The Hall–Kier alpha value is -0.590. The van der Waals surface area contributed by atoms with Gasteiger partial charge in [0, 0.05) is 22.0 Å². The van der Waals surface area contributed by atoms with Crippen molar-refractivity contribution in [3.8, 4) is 0 Å². The number of nitrogen functional groups attached to an aromatic ring is 1. The molecular formula is C13H17Br2N3O. The summed E-state index contributed by atoms with van der Waals surface area (Å²) in [4.78, 5) is 13.5. The summed E-state index contributed by atoms with van der Waals surface area (Å²) >= 11 is 6.92. The highest BCUT2D eigenvalue weighted by atomic mass is 79.9. The fourth-order valence-electron chi connectivity index (χ4n) is 2.44. The Labute approximate surface area is 129 Å². The van der Waals surface area contributed by atoms with Crippen LogP contribution in [0.4, 0.5) is 5.69 Å². The molecule has 4 nitrogen and oxygen atoms in total.